The molecule has 1 rings (SSSR count). The normalized spacial score (nSPS) is 12.5. The minimum absolute atomic E-state index is 0.105. The van der Waals surface area contributed by atoms with E-state index in [4.69, 9.17) is 5.11 Å². The molecule has 0 bridgehead atoms. The van der Waals surface area contributed by atoms with Gasteiger partial charge < -0.3 is 14.6 Å². The van der Waals surface area contributed by atoms with Gasteiger partial charge >= 0.3 is 5.97 Å². The Bertz CT molecular complexity index is 296. The van der Waals surface area contributed by atoms with E-state index in [1.54, 1.807) is 0 Å². The van der Waals surface area contributed by atoms with Gasteiger partial charge in [0.25, 0.3) is 0 Å². The predicted octanol–water partition coefficient (Wildman–Crippen LogP) is -0.166. The number of esters is 1. The summed E-state index contributed by atoms with van der Waals surface area (Å²) in [6.07, 6.45) is -1.11. The summed E-state index contributed by atoms with van der Waals surface area (Å²) in [5, 5.41) is 15.2. The number of aromatic amines is 1. The third-order valence-corrected chi connectivity index (χ3v) is 1.48. The lowest BCUT2D eigenvalue weighted by Gasteiger charge is -2.02. The average molecular weight is 186 g/mol. The maximum Gasteiger partial charge on any atom is 0.358 e. The molecular weight excluding hydrogens is 176 g/mol. The van der Waals surface area contributed by atoms with Crippen molar-refractivity contribution in [2.24, 2.45) is 0 Å². The molecule has 1 heterocycles. The first-order chi connectivity index (χ1) is 6.19. The van der Waals surface area contributed by atoms with Gasteiger partial charge in [-0.3, -0.25) is 5.10 Å². The van der Waals surface area contributed by atoms with Crippen LogP contribution < -0.4 is 0 Å². The summed E-state index contributed by atoms with van der Waals surface area (Å²) in [5.74, 6) is -0.564. The number of carbonyl (C=O) groups excluding carboxylic acids is 1. The molecular formula is C7H10N2O4. The van der Waals surface area contributed by atoms with Crippen LogP contribution in [0.5, 0.6) is 0 Å². The van der Waals surface area contributed by atoms with Crippen LogP contribution >= 0.6 is 0 Å². The Kier molecular flexibility index (Phi) is 2.99. The van der Waals surface area contributed by atoms with Crippen LogP contribution in [0.3, 0.4) is 0 Å². The number of methoxy groups -OCH3 is 2. The van der Waals surface area contributed by atoms with E-state index >= 15 is 0 Å². The van der Waals surface area contributed by atoms with Crippen LogP contribution in [-0.2, 0) is 9.47 Å². The van der Waals surface area contributed by atoms with Crippen molar-refractivity contribution in [3.63, 3.8) is 0 Å². The molecule has 0 amide bonds. The van der Waals surface area contributed by atoms with Crippen molar-refractivity contribution in [2.45, 2.75) is 6.29 Å². The van der Waals surface area contributed by atoms with E-state index in [1.807, 2.05) is 0 Å². The van der Waals surface area contributed by atoms with E-state index in [1.165, 1.54) is 20.3 Å². The number of nitrogens with zero attached hydrogens (tertiary/aromatic N) is 1. The largest absolute Gasteiger partial charge is 0.464 e. The first-order valence-corrected chi connectivity index (χ1v) is 3.53. The van der Waals surface area contributed by atoms with Crippen molar-refractivity contribution in [1.82, 2.24) is 10.2 Å². The molecule has 0 saturated carbocycles. The lowest BCUT2D eigenvalue weighted by molar-refractivity contribution is -0.0798. The summed E-state index contributed by atoms with van der Waals surface area (Å²) in [7, 11) is 2.59. The van der Waals surface area contributed by atoms with E-state index in [2.05, 4.69) is 19.7 Å². The highest BCUT2D eigenvalue weighted by Crippen LogP contribution is 2.11. The molecule has 13 heavy (non-hydrogen) atoms. The number of rotatable bonds is 3. The van der Waals surface area contributed by atoms with E-state index in [0.29, 0.717) is 5.69 Å². The Morgan fingerprint density at radius 3 is 2.92 bits per heavy atom. The molecule has 0 aromatic carbocycles. The summed E-state index contributed by atoms with van der Waals surface area (Å²) in [5.41, 5.74) is 0.413. The molecule has 72 valence electrons. The third kappa shape index (κ3) is 2.04. The quantitative estimate of drug-likeness (QED) is 0.506. The van der Waals surface area contributed by atoms with Crippen molar-refractivity contribution in [3.8, 4) is 0 Å². The Morgan fingerprint density at radius 2 is 2.38 bits per heavy atom. The zero-order chi connectivity index (χ0) is 9.84. The number of hydrogen-bond donors (Lipinski definition) is 2. The fraction of sp³-hybridized carbons (Fsp3) is 0.429. The maximum absolute atomic E-state index is 10.9. The molecule has 0 saturated heterocycles. The fourth-order valence-corrected chi connectivity index (χ4v) is 0.799. The summed E-state index contributed by atoms with van der Waals surface area (Å²) in [6.45, 7) is 0. The minimum atomic E-state index is -1.11. The highest BCUT2D eigenvalue weighted by atomic mass is 16.6. The zero-order valence-corrected chi connectivity index (χ0v) is 7.27. The molecule has 6 heteroatoms. The smallest absolute Gasteiger partial charge is 0.358 e. The van der Waals surface area contributed by atoms with Gasteiger partial charge in [-0.15, -0.1) is 0 Å². The Balaban J connectivity index is 2.80. The van der Waals surface area contributed by atoms with Crippen LogP contribution in [0, 0.1) is 0 Å². The van der Waals surface area contributed by atoms with E-state index in [-0.39, 0.29) is 5.69 Å². The lowest BCUT2D eigenvalue weighted by Crippen LogP contribution is -2.01. The summed E-state index contributed by atoms with van der Waals surface area (Å²) in [4.78, 5) is 10.9. The molecule has 1 atom stereocenters. The van der Waals surface area contributed by atoms with Gasteiger partial charge in [0.1, 0.15) is 0 Å². The molecule has 0 aliphatic rings. The molecule has 0 aliphatic heterocycles. The van der Waals surface area contributed by atoms with Crippen LogP contribution in [0.1, 0.15) is 22.5 Å². The number of nitrogens with one attached hydrogen (secondary N) is 1. The highest BCUT2D eigenvalue weighted by Gasteiger charge is 2.14. The van der Waals surface area contributed by atoms with Gasteiger partial charge in [-0.2, -0.15) is 5.10 Å². The van der Waals surface area contributed by atoms with Crippen LogP contribution in [0.15, 0.2) is 6.07 Å². The summed E-state index contributed by atoms with van der Waals surface area (Å²) in [6, 6.07) is 1.36. The first kappa shape index (κ1) is 9.69. The Labute approximate surface area is 74.5 Å². The van der Waals surface area contributed by atoms with Crippen molar-refractivity contribution < 1.29 is 19.4 Å². The monoisotopic (exact) mass is 186 g/mol. The van der Waals surface area contributed by atoms with Crippen molar-refractivity contribution in [3.05, 3.63) is 17.5 Å². The molecule has 6 nitrogen and oxygen atoms in total. The van der Waals surface area contributed by atoms with Gasteiger partial charge in [0.2, 0.25) is 0 Å². The lowest BCUT2D eigenvalue weighted by atomic mass is 10.3. The van der Waals surface area contributed by atoms with Gasteiger partial charge in [-0.25, -0.2) is 4.79 Å². The molecule has 1 aromatic rings. The molecule has 2 N–H and O–H groups in total. The number of aliphatic hydroxyl groups is 1. The fourth-order valence-electron chi connectivity index (χ4n) is 0.799. The number of aliphatic hydroxyl groups excluding tert-OH is 1. The first-order valence-electron chi connectivity index (χ1n) is 3.53. The number of H-pyrrole nitrogens is 1. The van der Waals surface area contributed by atoms with Crippen molar-refractivity contribution in [1.29, 1.82) is 0 Å². The Hall–Kier alpha value is -1.40. The SMILES string of the molecule is COC(=O)c1cc(C(O)OC)[nH]n1. The maximum atomic E-state index is 10.9. The van der Waals surface area contributed by atoms with E-state index < -0.39 is 12.3 Å². The standard InChI is InChI=1S/C7H10N2O4/c1-12-6(10)4-3-5(9-8-4)7(11)13-2/h3,6,10H,1-2H3,(H,8,9). The van der Waals surface area contributed by atoms with Crippen LogP contribution in [0.4, 0.5) is 0 Å². The van der Waals surface area contributed by atoms with Gasteiger partial charge in [0, 0.05) is 7.11 Å². The van der Waals surface area contributed by atoms with Crippen LogP contribution in [0.25, 0.3) is 0 Å². The molecule has 0 aliphatic carbocycles. The average Bonchev–Trinajstić information content (AvgIpc) is 2.64. The molecule has 1 aromatic heterocycles. The van der Waals surface area contributed by atoms with Crippen LogP contribution in [-0.4, -0.2) is 35.5 Å². The van der Waals surface area contributed by atoms with Gasteiger partial charge in [0.05, 0.1) is 12.8 Å². The number of ether oxygens (including phenoxy) is 2. The van der Waals surface area contributed by atoms with Gasteiger partial charge in [-0.05, 0) is 6.07 Å². The predicted molar refractivity (Wildman–Crippen MR) is 41.9 cm³/mol. The number of hydrogen-bond acceptors (Lipinski definition) is 5. The second kappa shape index (κ2) is 4.01. The number of carbonyl (C=O) groups is 1. The third-order valence-electron chi connectivity index (χ3n) is 1.48. The van der Waals surface area contributed by atoms with Gasteiger partial charge in [0.15, 0.2) is 12.0 Å². The second-order valence-electron chi connectivity index (χ2n) is 2.29. The zero-order valence-electron chi connectivity index (χ0n) is 7.27. The summed E-state index contributed by atoms with van der Waals surface area (Å²) < 4.78 is 9.01. The molecule has 0 spiro atoms. The van der Waals surface area contributed by atoms with E-state index in [0.717, 1.165) is 0 Å². The number of aromatic nitrogens is 2. The van der Waals surface area contributed by atoms with Crippen molar-refractivity contribution in [2.75, 3.05) is 14.2 Å². The van der Waals surface area contributed by atoms with Crippen molar-refractivity contribution >= 4 is 5.97 Å². The van der Waals surface area contributed by atoms with Gasteiger partial charge in [-0.1, -0.05) is 0 Å². The minimum Gasteiger partial charge on any atom is -0.464 e. The molecule has 1 unspecified atom stereocenters. The highest BCUT2D eigenvalue weighted by molar-refractivity contribution is 5.87. The molecule has 0 fully saturated rings. The Morgan fingerprint density at radius 1 is 1.69 bits per heavy atom. The summed E-state index contributed by atoms with van der Waals surface area (Å²) >= 11 is 0. The second-order valence-corrected chi connectivity index (χ2v) is 2.29. The molecule has 0 radical (unpaired) electrons. The topological polar surface area (TPSA) is 84.4 Å². The van der Waals surface area contributed by atoms with E-state index in [9.17, 15) is 4.79 Å². The van der Waals surface area contributed by atoms with Crippen LogP contribution in [0.2, 0.25) is 0 Å².